The lowest BCUT2D eigenvalue weighted by atomic mass is 10.2. The van der Waals surface area contributed by atoms with E-state index in [0.29, 0.717) is 0 Å². The zero-order valence-electron chi connectivity index (χ0n) is 8.53. The number of alkyl halides is 7. The van der Waals surface area contributed by atoms with Crippen molar-refractivity contribution in [2.45, 2.75) is 31.2 Å². The maximum absolute atomic E-state index is 11.9. The van der Waals surface area contributed by atoms with E-state index in [9.17, 15) is 30.7 Å². The highest BCUT2D eigenvalue weighted by atomic mass is 19.3. The van der Waals surface area contributed by atoms with Crippen LogP contribution in [0.1, 0.15) is 6.92 Å². The van der Waals surface area contributed by atoms with E-state index in [-0.39, 0.29) is 0 Å². The Hall–Kier alpha value is -0.570. The molecule has 0 saturated carbocycles. The van der Waals surface area contributed by atoms with Crippen molar-refractivity contribution in [3.8, 4) is 0 Å². The average Bonchev–Trinajstić information content (AvgIpc) is 2.21. The molecule has 17 heavy (non-hydrogen) atoms. The van der Waals surface area contributed by atoms with Crippen molar-refractivity contribution in [2.24, 2.45) is 5.92 Å². The van der Waals surface area contributed by atoms with Crippen LogP contribution in [0.25, 0.3) is 0 Å². The van der Waals surface area contributed by atoms with E-state index < -0.39 is 24.3 Å². The van der Waals surface area contributed by atoms with Crippen LogP contribution in [0.4, 0.5) is 30.7 Å². The lowest BCUT2D eigenvalue weighted by Crippen LogP contribution is -2.42. The number of ether oxygens (including phenoxy) is 2. The molecule has 2 rings (SSSR count). The average molecular weight is 270 g/mol. The summed E-state index contributed by atoms with van der Waals surface area (Å²) in [5, 5.41) is 0. The summed E-state index contributed by atoms with van der Waals surface area (Å²) >= 11 is 0. The van der Waals surface area contributed by atoms with E-state index >= 15 is 0 Å². The van der Waals surface area contributed by atoms with Gasteiger partial charge in [0.1, 0.15) is 0 Å². The van der Waals surface area contributed by atoms with E-state index in [1.54, 1.807) is 0 Å². The molecule has 2 heterocycles. The van der Waals surface area contributed by atoms with E-state index in [0.717, 1.165) is 19.1 Å². The minimum Gasteiger partial charge on any atom is -0.381 e. The number of hydrogen-bond donors (Lipinski definition) is 0. The predicted molar refractivity (Wildman–Crippen MR) is 40.8 cm³/mol. The van der Waals surface area contributed by atoms with Gasteiger partial charge in [-0.25, -0.2) is 9.13 Å². The predicted octanol–water partition coefficient (Wildman–Crippen LogP) is 2.83. The second-order valence-corrected chi connectivity index (χ2v) is 3.81. The van der Waals surface area contributed by atoms with Crippen LogP contribution >= 0.6 is 0 Å². The second kappa shape index (κ2) is 4.27. The summed E-state index contributed by atoms with van der Waals surface area (Å²) in [4.78, 5) is 0. The quantitative estimate of drug-likeness (QED) is 0.630. The molecule has 0 aromatic heterocycles. The molecule has 0 amide bonds. The highest BCUT2D eigenvalue weighted by molar-refractivity contribution is 4.97. The molecule has 0 radical (unpaired) electrons. The summed E-state index contributed by atoms with van der Waals surface area (Å²) in [6.45, 7) is 4.16. The molecule has 2 aliphatic heterocycles. The molecule has 102 valence electrons. The van der Waals surface area contributed by atoms with Crippen LogP contribution in [0.3, 0.4) is 0 Å². The van der Waals surface area contributed by atoms with Gasteiger partial charge in [-0.15, -0.1) is 0 Å². The highest BCUT2D eigenvalue weighted by Crippen LogP contribution is 2.53. The molecule has 2 fully saturated rings. The fourth-order valence-corrected chi connectivity index (χ4v) is 1.00. The maximum Gasteiger partial charge on any atom is 0.427 e. The Bertz CT molecular complexity index is 277. The third-order valence-corrected chi connectivity index (χ3v) is 2.07. The Kier molecular flexibility index (Phi) is 3.64. The first-order chi connectivity index (χ1) is 7.51. The molecule has 0 N–H and O–H groups in total. The van der Waals surface area contributed by atoms with Gasteiger partial charge in [-0.05, 0) is 0 Å². The topological polar surface area (TPSA) is 18.5 Å². The Balaban J connectivity index is 0.000000239. The van der Waals surface area contributed by atoms with Gasteiger partial charge < -0.3 is 4.74 Å². The lowest BCUT2D eigenvalue weighted by molar-refractivity contribution is -0.361. The summed E-state index contributed by atoms with van der Waals surface area (Å²) in [6, 6.07) is 0. The largest absolute Gasteiger partial charge is 0.427 e. The van der Waals surface area contributed by atoms with Crippen LogP contribution in [-0.4, -0.2) is 37.5 Å². The zero-order chi connectivity index (χ0) is 13.5. The molecule has 0 aromatic carbocycles. The Morgan fingerprint density at radius 3 is 1.47 bits per heavy atom. The third-order valence-electron chi connectivity index (χ3n) is 2.07. The van der Waals surface area contributed by atoms with Gasteiger partial charge in [-0.2, -0.15) is 26.3 Å². The van der Waals surface area contributed by atoms with Gasteiger partial charge in [0, 0.05) is 5.92 Å². The van der Waals surface area contributed by atoms with Crippen molar-refractivity contribution in [1.29, 1.82) is 0 Å². The van der Waals surface area contributed by atoms with Gasteiger partial charge >= 0.3 is 18.1 Å². The molecule has 2 nitrogen and oxygen atoms in total. The number of hydrogen-bond acceptors (Lipinski definition) is 2. The third kappa shape index (κ3) is 2.65. The van der Waals surface area contributed by atoms with E-state index in [1.165, 1.54) is 0 Å². The molecule has 1 atom stereocenters. The smallest absolute Gasteiger partial charge is 0.381 e. The van der Waals surface area contributed by atoms with Crippen molar-refractivity contribution in [2.75, 3.05) is 13.2 Å². The van der Waals surface area contributed by atoms with Crippen LogP contribution in [0.5, 0.6) is 0 Å². The second-order valence-electron chi connectivity index (χ2n) is 3.81. The molecule has 0 aliphatic carbocycles. The minimum absolute atomic E-state index is 0.843. The number of halogens is 7. The van der Waals surface area contributed by atoms with Crippen molar-refractivity contribution < 1.29 is 40.2 Å². The van der Waals surface area contributed by atoms with Crippen molar-refractivity contribution in [3.63, 3.8) is 0 Å². The molecule has 0 aromatic rings. The first kappa shape index (κ1) is 14.5. The number of rotatable bonds is 0. The van der Waals surface area contributed by atoms with Crippen LogP contribution < -0.4 is 0 Å². The van der Waals surface area contributed by atoms with Gasteiger partial charge in [0.2, 0.25) is 0 Å². The molecule has 1 unspecified atom stereocenters. The summed E-state index contributed by atoms with van der Waals surface area (Å²) < 4.78 is 89.8. The van der Waals surface area contributed by atoms with Crippen LogP contribution in [-0.2, 0) is 9.47 Å². The van der Waals surface area contributed by atoms with E-state index in [4.69, 9.17) is 4.74 Å². The van der Waals surface area contributed by atoms with Gasteiger partial charge in [0.25, 0.3) is 6.17 Å². The van der Waals surface area contributed by atoms with Gasteiger partial charge in [0.05, 0.1) is 13.2 Å². The van der Waals surface area contributed by atoms with E-state index in [1.807, 2.05) is 0 Å². The fraction of sp³-hybridized carbons (Fsp3) is 1.00. The zero-order valence-corrected chi connectivity index (χ0v) is 8.53. The van der Waals surface area contributed by atoms with Gasteiger partial charge in [-0.1, -0.05) is 6.92 Å². The maximum atomic E-state index is 11.9. The summed E-state index contributed by atoms with van der Waals surface area (Å²) in [5.41, 5.74) is 0. The van der Waals surface area contributed by atoms with Crippen LogP contribution in [0, 0.1) is 5.92 Å². The summed E-state index contributed by atoms with van der Waals surface area (Å²) in [7, 11) is 0. The minimum atomic E-state index is -5.49. The molecular formula is C8H9F7O2. The lowest BCUT2D eigenvalue weighted by Gasteiger charge is -2.20. The summed E-state index contributed by atoms with van der Waals surface area (Å²) in [5.74, 6) is -4.65. The van der Waals surface area contributed by atoms with Crippen molar-refractivity contribution >= 4 is 0 Å². The normalized spacial score (nSPS) is 33.5. The summed E-state index contributed by atoms with van der Waals surface area (Å²) in [6.07, 6.45) is -14.9. The van der Waals surface area contributed by atoms with Crippen LogP contribution in [0.15, 0.2) is 0 Å². The Labute approximate surface area is 91.7 Å². The molecule has 2 aliphatic rings. The molecule has 2 saturated heterocycles. The highest BCUT2D eigenvalue weighted by Gasteiger charge is 2.80. The first-order valence-electron chi connectivity index (χ1n) is 4.56. The Morgan fingerprint density at radius 2 is 1.41 bits per heavy atom. The molecule has 0 bridgehead atoms. The van der Waals surface area contributed by atoms with Crippen molar-refractivity contribution in [3.05, 3.63) is 0 Å². The monoisotopic (exact) mass is 270 g/mol. The van der Waals surface area contributed by atoms with E-state index in [2.05, 4.69) is 11.7 Å². The molecular weight excluding hydrogens is 261 g/mol. The van der Waals surface area contributed by atoms with Crippen molar-refractivity contribution in [1.82, 2.24) is 0 Å². The first-order valence-corrected chi connectivity index (χ1v) is 4.56. The van der Waals surface area contributed by atoms with Crippen LogP contribution in [0.2, 0.25) is 0 Å². The fourth-order valence-electron chi connectivity index (χ4n) is 1.00. The van der Waals surface area contributed by atoms with Gasteiger partial charge in [0.15, 0.2) is 0 Å². The SMILES string of the molecule is CC1COC1.FC1C(F)(F)OC(F)(F)C1(F)F. The molecule has 0 spiro atoms. The standard InChI is InChI=1S/C4HF7O.C4H8O/c5-1-2(6,7)4(10,11)12-3(1,8)9;1-4-2-5-3-4/h1H;4H,2-3H2,1H3. The molecule has 9 heteroatoms. The Morgan fingerprint density at radius 1 is 1.00 bits per heavy atom. The van der Waals surface area contributed by atoms with Gasteiger partial charge in [-0.3, -0.25) is 0 Å².